The van der Waals surface area contributed by atoms with Crippen LogP contribution in [0.4, 0.5) is 29.7 Å². The minimum Gasteiger partial charge on any atom is -0.444 e. The molecule has 39 heavy (non-hydrogen) atoms. The number of nitrogens with one attached hydrogen (secondary N) is 2. The summed E-state index contributed by atoms with van der Waals surface area (Å²) in [6.45, 7) is 5.96. The third-order valence-electron chi connectivity index (χ3n) is 5.39. The first-order chi connectivity index (χ1) is 18.2. The highest BCUT2D eigenvalue weighted by Crippen LogP contribution is 2.37. The lowest BCUT2D eigenvalue weighted by atomic mass is 10.1. The number of rotatable bonds is 9. The van der Waals surface area contributed by atoms with E-state index in [0.717, 1.165) is 6.07 Å². The number of aromatic nitrogens is 2. The van der Waals surface area contributed by atoms with Crippen LogP contribution in [-0.2, 0) is 10.9 Å². The molecule has 3 rings (SSSR count). The van der Waals surface area contributed by atoms with Crippen LogP contribution in [0, 0.1) is 0 Å². The molecule has 0 saturated carbocycles. The van der Waals surface area contributed by atoms with Crippen molar-refractivity contribution in [1.82, 2.24) is 14.9 Å². The van der Waals surface area contributed by atoms with Crippen molar-refractivity contribution < 1.29 is 27.8 Å². The standard InChI is InChI=1S/C27H31ClF3N5O3/c1-26(2,3)39-25(38)36(4)13-12-32-24-34-21(18-10-11-19(20(28)14-18)27(29,30)31)15-23(35-24)33-16-22(37)17-8-6-5-7-9-17/h5-11,14-15,22,37H,12-13,16H2,1-4H3,(H2,32,33,34,35). The fraction of sp³-hybridized carbons (Fsp3) is 0.370. The molecule has 210 valence electrons. The van der Waals surface area contributed by atoms with E-state index in [0.29, 0.717) is 22.6 Å². The normalized spacial score (nSPS) is 12.5. The quantitative estimate of drug-likeness (QED) is 0.282. The van der Waals surface area contributed by atoms with Gasteiger partial charge < -0.3 is 25.4 Å². The predicted octanol–water partition coefficient (Wildman–Crippen LogP) is 6.24. The number of benzene rings is 2. The number of hydrogen-bond donors (Lipinski definition) is 3. The summed E-state index contributed by atoms with van der Waals surface area (Å²) in [5.41, 5.74) is -0.229. The van der Waals surface area contributed by atoms with E-state index in [1.165, 1.54) is 17.0 Å². The van der Waals surface area contributed by atoms with Gasteiger partial charge in [-0.15, -0.1) is 0 Å². The Morgan fingerprint density at radius 2 is 1.77 bits per heavy atom. The van der Waals surface area contributed by atoms with Crippen LogP contribution in [0.2, 0.25) is 5.02 Å². The number of likely N-dealkylation sites (N-methyl/N-ethyl adjacent to an activating group) is 1. The molecule has 1 amide bonds. The van der Waals surface area contributed by atoms with Crippen molar-refractivity contribution in [1.29, 1.82) is 0 Å². The van der Waals surface area contributed by atoms with Crippen LogP contribution >= 0.6 is 11.6 Å². The molecule has 3 N–H and O–H groups in total. The van der Waals surface area contributed by atoms with Gasteiger partial charge in [0.1, 0.15) is 11.4 Å². The summed E-state index contributed by atoms with van der Waals surface area (Å²) in [6, 6.07) is 14.0. The molecule has 1 atom stereocenters. The zero-order chi connectivity index (χ0) is 28.8. The molecular formula is C27H31ClF3N5O3. The minimum atomic E-state index is -4.59. The first kappa shape index (κ1) is 30.0. The van der Waals surface area contributed by atoms with Crippen molar-refractivity contribution in [2.75, 3.05) is 37.3 Å². The maximum absolute atomic E-state index is 13.2. The van der Waals surface area contributed by atoms with Gasteiger partial charge in [-0.3, -0.25) is 0 Å². The fourth-order valence-electron chi connectivity index (χ4n) is 3.43. The second-order valence-electron chi connectivity index (χ2n) is 9.79. The molecule has 0 radical (unpaired) electrons. The smallest absolute Gasteiger partial charge is 0.417 e. The Hall–Kier alpha value is -3.57. The van der Waals surface area contributed by atoms with Gasteiger partial charge in [0.2, 0.25) is 5.95 Å². The summed E-state index contributed by atoms with van der Waals surface area (Å²) in [5, 5.41) is 16.1. The molecule has 0 aliphatic heterocycles. The van der Waals surface area contributed by atoms with Gasteiger partial charge in [-0.25, -0.2) is 9.78 Å². The molecule has 1 unspecified atom stereocenters. The van der Waals surface area contributed by atoms with Gasteiger partial charge in [-0.1, -0.05) is 48.0 Å². The summed E-state index contributed by atoms with van der Waals surface area (Å²) in [7, 11) is 1.59. The van der Waals surface area contributed by atoms with Crippen molar-refractivity contribution in [2.45, 2.75) is 38.7 Å². The summed E-state index contributed by atoms with van der Waals surface area (Å²) in [4.78, 5) is 22.4. The van der Waals surface area contributed by atoms with Crippen LogP contribution in [0.1, 0.15) is 38.0 Å². The molecule has 2 aromatic carbocycles. The van der Waals surface area contributed by atoms with Gasteiger partial charge in [-0.2, -0.15) is 18.2 Å². The lowest BCUT2D eigenvalue weighted by Crippen LogP contribution is -2.36. The first-order valence-electron chi connectivity index (χ1n) is 12.1. The number of nitrogens with zero attached hydrogens (tertiary/aromatic N) is 3. The van der Waals surface area contributed by atoms with Crippen molar-refractivity contribution in [3.05, 3.63) is 70.7 Å². The van der Waals surface area contributed by atoms with Crippen molar-refractivity contribution >= 4 is 29.5 Å². The van der Waals surface area contributed by atoms with Crippen molar-refractivity contribution in [3.8, 4) is 11.3 Å². The van der Waals surface area contributed by atoms with Crippen LogP contribution < -0.4 is 10.6 Å². The average molecular weight is 566 g/mol. The van der Waals surface area contributed by atoms with Gasteiger partial charge in [0, 0.05) is 38.3 Å². The van der Waals surface area contributed by atoms with Crippen LogP contribution in [-0.4, -0.2) is 58.4 Å². The lowest BCUT2D eigenvalue weighted by molar-refractivity contribution is -0.137. The molecule has 12 heteroatoms. The topological polar surface area (TPSA) is 99.6 Å². The van der Waals surface area contributed by atoms with Crippen molar-refractivity contribution in [3.63, 3.8) is 0 Å². The number of hydrogen-bond acceptors (Lipinski definition) is 7. The van der Waals surface area contributed by atoms with E-state index in [1.54, 1.807) is 46.0 Å². The Labute approximate surface area is 230 Å². The number of alkyl halides is 3. The molecule has 0 saturated heterocycles. The summed E-state index contributed by atoms with van der Waals surface area (Å²) in [5.74, 6) is 0.492. The molecule has 0 spiro atoms. The minimum absolute atomic E-state index is 0.120. The average Bonchev–Trinajstić information content (AvgIpc) is 2.85. The van der Waals surface area contributed by atoms with Crippen LogP contribution in [0.5, 0.6) is 0 Å². The van der Waals surface area contributed by atoms with E-state index in [2.05, 4.69) is 20.6 Å². The molecule has 0 aliphatic rings. The maximum Gasteiger partial charge on any atom is 0.417 e. The Kier molecular flexibility index (Phi) is 9.63. The zero-order valence-electron chi connectivity index (χ0n) is 22.0. The summed E-state index contributed by atoms with van der Waals surface area (Å²) >= 11 is 5.93. The fourth-order valence-corrected chi connectivity index (χ4v) is 3.72. The number of anilines is 2. The third-order valence-corrected chi connectivity index (χ3v) is 5.71. The maximum atomic E-state index is 13.2. The van der Waals surface area contributed by atoms with Gasteiger partial charge >= 0.3 is 12.3 Å². The Balaban J connectivity index is 1.81. The zero-order valence-corrected chi connectivity index (χ0v) is 22.8. The summed E-state index contributed by atoms with van der Waals surface area (Å²) < 4.78 is 44.9. The molecule has 0 fully saturated rings. The van der Waals surface area contributed by atoms with Crippen molar-refractivity contribution in [2.24, 2.45) is 0 Å². The molecular weight excluding hydrogens is 535 g/mol. The number of halogens is 4. The van der Waals surface area contributed by atoms with Gasteiger partial charge in [0.05, 0.1) is 22.4 Å². The molecule has 1 heterocycles. The second kappa shape index (κ2) is 12.5. The van der Waals surface area contributed by atoms with E-state index >= 15 is 0 Å². The Morgan fingerprint density at radius 3 is 2.38 bits per heavy atom. The predicted molar refractivity (Wildman–Crippen MR) is 145 cm³/mol. The van der Waals surface area contributed by atoms with Gasteiger partial charge in [0.15, 0.2) is 0 Å². The van der Waals surface area contributed by atoms with Crippen LogP contribution in [0.15, 0.2) is 54.6 Å². The highest BCUT2D eigenvalue weighted by molar-refractivity contribution is 6.31. The van der Waals surface area contributed by atoms with Crippen LogP contribution in [0.3, 0.4) is 0 Å². The van der Waals surface area contributed by atoms with E-state index in [4.69, 9.17) is 16.3 Å². The second-order valence-corrected chi connectivity index (χ2v) is 10.2. The number of aliphatic hydroxyl groups is 1. The molecule has 0 bridgehead atoms. The largest absolute Gasteiger partial charge is 0.444 e. The Bertz CT molecular complexity index is 1270. The van der Waals surface area contributed by atoms with E-state index < -0.39 is 34.6 Å². The van der Waals surface area contributed by atoms with Gasteiger partial charge in [-0.05, 0) is 38.5 Å². The highest BCUT2D eigenvalue weighted by Gasteiger charge is 2.33. The highest BCUT2D eigenvalue weighted by atomic mass is 35.5. The molecule has 8 nitrogen and oxygen atoms in total. The van der Waals surface area contributed by atoms with E-state index in [-0.39, 0.29) is 25.6 Å². The van der Waals surface area contributed by atoms with Gasteiger partial charge in [0.25, 0.3) is 0 Å². The SMILES string of the molecule is CN(CCNc1nc(NCC(O)c2ccccc2)cc(-c2ccc(C(F)(F)F)c(Cl)c2)n1)C(=O)OC(C)(C)C. The third kappa shape index (κ3) is 9.00. The number of amides is 1. The van der Waals surface area contributed by atoms with E-state index in [9.17, 15) is 23.1 Å². The van der Waals surface area contributed by atoms with Crippen LogP contribution in [0.25, 0.3) is 11.3 Å². The number of carbonyl (C=O) groups is 1. The molecule has 0 aliphatic carbocycles. The monoisotopic (exact) mass is 565 g/mol. The number of aliphatic hydroxyl groups excluding tert-OH is 1. The summed E-state index contributed by atoms with van der Waals surface area (Å²) in [6.07, 6.45) is -5.91. The molecule has 3 aromatic rings. The lowest BCUT2D eigenvalue weighted by Gasteiger charge is -2.24. The number of ether oxygens (including phenoxy) is 1. The van der Waals surface area contributed by atoms with E-state index in [1.807, 2.05) is 18.2 Å². The molecule has 1 aromatic heterocycles. The Morgan fingerprint density at radius 1 is 1.08 bits per heavy atom. The first-order valence-corrected chi connectivity index (χ1v) is 12.5. The number of carbonyl (C=O) groups excluding carboxylic acids is 1.